The van der Waals surface area contributed by atoms with Crippen molar-refractivity contribution in [2.75, 3.05) is 19.0 Å². The maximum atomic E-state index is 2.74. The minimum absolute atomic E-state index is 1.25. The quantitative estimate of drug-likeness (QED) is 0.574. The van der Waals surface area contributed by atoms with E-state index >= 15 is 0 Å². The van der Waals surface area contributed by atoms with Crippen LogP contribution in [0.4, 0.5) is 5.69 Å². The number of hydrogen-bond donors (Lipinski definition) is 0. The molecule has 11 heavy (non-hydrogen) atoms. The topological polar surface area (TPSA) is 3.24 Å². The van der Waals surface area contributed by atoms with Gasteiger partial charge >= 0.3 is 0 Å². The summed E-state index contributed by atoms with van der Waals surface area (Å²) in [5.41, 5.74) is 2.58. The third kappa shape index (κ3) is 1.94. The molecule has 1 unspecified atom stereocenters. The fourth-order valence-electron chi connectivity index (χ4n) is 1.04. The highest BCUT2D eigenvalue weighted by molar-refractivity contribution is 7.28. The predicted molar refractivity (Wildman–Crippen MR) is 54.9 cm³/mol. The Kier molecular flexibility index (Phi) is 2.51. The first-order valence-electron chi connectivity index (χ1n) is 3.64. The molecule has 0 saturated heterocycles. The van der Waals surface area contributed by atoms with Crippen LogP contribution >= 0.6 is 9.24 Å². The molecule has 0 aliphatic carbocycles. The second kappa shape index (κ2) is 3.23. The zero-order chi connectivity index (χ0) is 8.43. The molecule has 0 bridgehead atoms. The van der Waals surface area contributed by atoms with Crippen LogP contribution in [0.25, 0.3) is 0 Å². The first kappa shape index (κ1) is 8.55. The average Bonchev–Trinajstić information content (AvgIpc) is 1.94. The summed E-state index contributed by atoms with van der Waals surface area (Å²) < 4.78 is 0. The Labute approximate surface area is 70.6 Å². The summed E-state index contributed by atoms with van der Waals surface area (Å²) in [6, 6.07) is 6.42. The molecule has 60 valence electrons. The van der Waals surface area contributed by atoms with Gasteiger partial charge in [-0.2, -0.15) is 0 Å². The molecule has 0 aromatic heterocycles. The van der Waals surface area contributed by atoms with E-state index in [1.165, 1.54) is 16.6 Å². The van der Waals surface area contributed by atoms with E-state index in [-0.39, 0.29) is 0 Å². The number of aryl methyl sites for hydroxylation is 1. The van der Waals surface area contributed by atoms with Gasteiger partial charge in [0, 0.05) is 19.8 Å². The molecular weight excluding hydrogens is 153 g/mol. The SMILES string of the molecule is Cc1ccc(P)c(N(C)C)c1. The fourth-order valence-corrected chi connectivity index (χ4v) is 1.48. The smallest absolute Gasteiger partial charge is 0.0436 e. The van der Waals surface area contributed by atoms with E-state index in [1.807, 2.05) is 0 Å². The lowest BCUT2D eigenvalue weighted by molar-refractivity contribution is 1.14. The second-order valence-corrected chi connectivity index (χ2v) is 3.58. The number of nitrogens with zero attached hydrogens (tertiary/aromatic N) is 1. The fraction of sp³-hybridized carbons (Fsp3) is 0.333. The molecule has 1 aromatic rings. The monoisotopic (exact) mass is 167 g/mol. The number of anilines is 1. The molecule has 0 N–H and O–H groups in total. The summed E-state index contributed by atoms with van der Waals surface area (Å²) >= 11 is 0. The van der Waals surface area contributed by atoms with Crippen LogP contribution in [0.2, 0.25) is 0 Å². The lowest BCUT2D eigenvalue weighted by Gasteiger charge is -2.15. The molecule has 0 heterocycles. The molecule has 0 fully saturated rings. The highest BCUT2D eigenvalue weighted by atomic mass is 31.0. The Balaban J connectivity index is 3.13. The van der Waals surface area contributed by atoms with Crippen molar-refractivity contribution in [2.24, 2.45) is 0 Å². The van der Waals surface area contributed by atoms with Gasteiger partial charge in [0.15, 0.2) is 0 Å². The maximum Gasteiger partial charge on any atom is 0.0436 e. The summed E-state index contributed by atoms with van der Waals surface area (Å²) in [6.45, 7) is 2.11. The zero-order valence-electron chi connectivity index (χ0n) is 7.26. The van der Waals surface area contributed by atoms with Crippen molar-refractivity contribution < 1.29 is 0 Å². The number of rotatable bonds is 1. The second-order valence-electron chi connectivity index (χ2n) is 2.96. The highest BCUT2D eigenvalue weighted by Crippen LogP contribution is 2.12. The molecule has 1 aromatic carbocycles. The molecule has 0 saturated carbocycles. The van der Waals surface area contributed by atoms with Crippen molar-refractivity contribution in [3.63, 3.8) is 0 Å². The molecule has 1 nitrogen and oxygen atoms in total. The van der Waals surface area contributed by atoms with Crippen molar-refractivity contribution in [3.8, 4) is 0 Å². The zero-order valence-corrected chi connectivity index (χ0v) is 8.41. The van der Waals surface area contributed by atoms with Gasteiger partial charge in [0.1, 0.15) is 0 Å². The summed E-state index contributed by atoms with van der Waals surface area (Å²) in [5, 5.41) is 1.25. The lowest BCUT2D eigenvalue weighted by atomic mass is 10.2. The van der Waals surface area contributed by atoms with Crippen molar-refractivity contribution >= 4 is 20.2 Å². The van der Waals surface area contributed by atoms with Crippen LogP contribution in [-0.4, -0.2) is 14.1 Å². The van der Waals surface area contributed by atoms with Crippen LogP contribution in [0.3, 0.4) is 0 Å². The van der Waals surface area contributed by atoms with Gasteiger partial charge < -0.3 is 4.90 Å². The Hall–Kier alpha value is -0.550. The summed E-state index contributed by atoms with van der Waals surface area (Å²) in [6.07, 6.45) is 0. The molecular formula is C9H14NP. The van der Waals surface area contributed by atoms with Crippen LogP contribution in [0.1, 0.15) is 5.56 Å². The molecule has 0 radical (unpaired) electrons. The maximum absolute atomic E-state index is 2.74. The van der Waals surface area contributed by atoms with Gasteiger partial charge in [0.25, 0.3) is 0 Å². The Morgan fingerprint density at radius 1 is 1.27 bits per heavy atom. The van der Waals surface area contributed by atoms with Gasteiger partial charge in [-0.05, 0) is 23.9 Å². The number of benzene rings is 1. The largest absolute Gasteiger partial charge is 0.377 e. The van der Waals surface area contributed by atoms with Gasteiger partial charge in [-0.1, -0.05) is 12.1 Å². The Morgan fingerprint density at radius 2 is 1.91 bits per heavy atom. The summed E-state index contributed by atoms with van der Waals surface area (Å²) in [4.78, 5) is 2.12. The minimum atomic E-state index is 1.25. The van der Waals surface area contributed by atoms with Crippen LogP contribution < -0.4 is 10.2 Å². The third-order valence-corrected chi connectivity index (χ3v) is 2.16. The third-order valence-electron chi connectivity index (χ3n) is 1.67. The molecule has 0 spiro atoms. The van der Waals surface area contributed by atoms with Crippen LogP contribution in [0.15, 0.2) is 18.2 Å². The normalized spacial score (nSPS) is 9.82. The van der Waals surface area contributed by atoms with Gasteiger partial charge in [0.05, 0.1) is 0 Å². The van der Waals surface area contributed by atoms with E-state index in [4.69, 9.17) is 0 Å². The molecule has 1 atom stereocenters. The van der Waals surface area contributed by atoms with Gasteiger partial charge in [-0.3, -0.25) is 0 Å². The van der Waals surface area contributed by atoms with E-state index in [1.54, 1.807) is 0 Å². The molecule has 2 heteroatoms. The standard InChI is InChI=1S/C9H14NP/c1-7-4-5-9(11)8(6-7)10(2)3/h4-6H,11H2,1-3H3. The predicted octanol–water partition coefficient (Wildman–Crippen LogP) is 1.56. The molecule has 0 amide bonds. The number of hydrogen-bond acceptors (Lipinski definition) is 1. The van der Waals surface area contributed by atoms with E-state index in [2.05, 4.69) is 53.4 Å². The molecule has 0 aliphatic heterocycles. The lowest BCUT2D eigenvalue weighted by Crippen LogP contribution is -2.15. The van der Waals surface area contributed by atoms with Gasteiger partial charge in [0.2, 0.25) is 0 Å². The van der Waals surface area contributed by atoms with Crippen LogP contribution in [-0.2, 0) is 0 Å². The van der Waals surface area contributed by atoms with Crippen LogP contribution in [0.5, 0.6) is 0 Å². The summed E-state index contributed by atoms with van der Waals surface area (Å²) in [7, 11) is 6.85. The first-order valence-corrected chi connectivity index (χ1v) is 4.22. The van der Waals surface area contributed by atoms with Crippen molar-refractivity contribution in [1.82, 2.24) is 0 Å². The highest BCUT2D eigenvalue weighted by Gasteiger charge is 1.98. The summed E-state index contributed by atoms with van der Waals surface area (Å²) in [5.74, 6) is 0. The minimum Gasteiger partial charge on any atom is -0.377 e. The molecule has 1 rings (SSSR count). The van der Waals surface area contributed by atoms with Crippen molar-refractivity contribution in [2.45, 2.75) is 6.92 Å². The average molecular weight is 167 g/mol. The van der Waals surface area contributed by atoms with Gasteiger partial charge in [-0.25, -0.2) is 0 Å². The Bertz CT molecular complexity index is 256. The van der Waals surface area contributed by atoms with Gasteiger partial charge in [-0.15, -0.1) is 9.24 Å². The van der Waals surface area contributed by atoms with E-state index in [9.17, 15) is 0 Å². The molecule has 0 aliphatic rings. The van der Waals surface area contributed by atoms with E-state index in [0.29, 0.717) is 0 Å². The van der Waals surface area contributed by atoms with Crippen LogP contribution in [0, 0.1) is 6.92 Å². The van der Waals surface area contributed by atoms with E-state index in [0.717, 1.165) is 0 Å². The first-order chi connectivity index (χ1) is 5.11. The van der Waals surface area contributed by atoms with Crippen molar-refractivity contribution in [1.29, 1.82) is 0 Å². The van der Waals surface area contributed by atoms with Crippen molar-refractivity contribution in [3.05, 3.63) is 23.8 Å². The Morgan fingerprint density at radius 3 is 2.36 bits per heavy atom. The van der Waals surface area contributed by atoms with E-state index < -0.39 is 0 Å².